The van der Waals surface area contributed by atoms with E-state index in [1.54, 1.807) is 0 Å². The summed E-state index contributed by atoms with van der Waals surface area (Å²) in [6, 6.07) is 0.234. The summed E-state index contributed by atoms with van der Waals surface area (Å²) in [6.07, 6.45) is 1.41. The average molecular weight is 455 g/mol. The molecule has 1 unspecified atom stereocenters. The van der Waals surface area contributed by atoms with E-state index in [2.05, 4.69) is 32.8 Å². The highest BCUT2D eigenvalue weighted by atomic mass is 127. The molecular weight excluding hydrogens is 421 g/mol. The standard InChI is InChI=1S/C16H33N5O2.HI/c1-4-14(3)20-15(22)6-7-18-16(17-5-2)19-8-9-21-10-12-23-13-11-21;/h14H,4-13H2,1-3H3,(H,20,22)(H2,17,18,19);1H. The zero-order valence-electron chi connectivity index (χ0n) is 15.3. The van der Waals surface area contributed by atoms with E-state index in [1.165, 1.54) is 0 Å². The van der Waals surface area contributed by atoms with Gasteiger partial charge in [0, 0.05) is 45.2 Å². The van der Waals surface area contributed by atoms with Gasteiger partial charge in [0.05, 0.1) is 19.8 Å². The normalized spacial score (nSPS) is 16.9. The maximum absolute atomic E-state index is 11.7. The minimum Gasteiger partial charge on any atom is -0.379 e. The zero-order chi connectivity index (χ0) is 16.9. The Morgan fingerprint density at radius 2 is 1.96 bits per heavy atom. The number of guanidine groups is 1. The van der Waals surface area contributed by atoms with Crippen LogP contribution in [0.5, 0.6) is 0 Å². The van der Waals surface area contributed by atoms with Crippen molar-refractivity contribution < 1.29 is 9.53 Å². The lowest BCUT2D eigenvalue weighted by Gasteiger charge is -2.25. The number of aliphatic imine (C=N–C) groups is 1. The zero-order valence-corrected chi connectivity index (χ0v) is 17.6. The second-order valence-corrected chi connectivity index (χ2v) is 5.77. The summed E-state index contributed by atoms with van der Waals surface area (Å²) < 4.78 is 5.34. The van der Waals surface area contributed by atoms with Gasteiger partial charge in [0.25, 0.3) is 0 Å². The van der Waals surface area contributed by atoms with E-state index in [0.29, 0.717) is 13.0 Å². The fourth-order valence-corrected chi connectivity index (χ4v) is 2.21. The Hall–Kier alpha value is -0.610. The van der Waals surface area contributed by atoms with Gasteiger partial charge in [-0.1, -0.05) is 6.92 Å². The first kappa shape index (κ1) is 23.4. The largest absolute Gasteiger partial charge is 0.379 e. The van der Waals surface area contributed by atoms with Gasteiger partial charge in [-0.05, 0) is 20.3 Å². The predicted molar refractivity (Wildman–Crippen MR) is 109 cm³/mol. The summed E-state index contributed by atoms with van der Waals surface area (Å²) in [5, 5.41) is 9.39. The summed E-state index contributed by atoms with van der Waals surface area (Å²) in [4.78, 5) is 18.7. The van der Waals surface area contributed by atoms with Gasteiger partial charge in [-0.3, -0.25) is 14.7 Å². The monoisotopic (exact) mass is 455 g/mol. The average Bonchev–Trinajstić information content (AvgIpc) is 2.55. The van der Waals surface area contributed by atoms with Crippen molar-refractivity contribution >= 4 is 35.8 Å². The van der Waals surface area contributed by atoms with Gasteiger partial charge in [0.1, 0.15) is 0 Å². The van der Waals surface area contributed by atoms with Gasteiger partial charge in [-0.2, -0.15) is 0 Å². The highest BCUT2D eigenvalue weighted by Gasteiger charge is 2.09. The third-order valence-electron chi connectivity index (χ3n) is 3.80. The van der Waals surface area contributed by atoms with E-state index in [0.717, 1.165) is 58.3 Å². The minimum atomic E-state index is 0. The molecule has 0 radical (unpaired) electrons. The quantitative estimate of drug-likeness (QED) is 0.272. The Kier molecular flexibility index (Phi) is 14.3. The maximum atomic E-state index is 11.7. The van der Waals surface area contributed by atoms with Crippen molar-refractivity contribution in [3.63, 3.8) is 0 Å². The SMILES string of the molecule is CCNC(=NCCN1CCOCC1)NCCC(=O)NC(C)CC.I. The minimum absolute atomic E-state index is 0. The number of rotatable bonds is 9. The molecule has 0 bridgehead atoms. The third-order valence-corrected chi connectivity index (χ3v) is 3.80. The van der Waals surface area contributed by atoms with Crippen LogP contribution in [-0.4, -0.2) is 75.3 Å². The van der Waals surface area contributed by atoms with E-state index in [-0.39, 0.29) is 35.9 Å². The number of nitrogens with zero attached hydrogens (tertiary/aromatic N) is 2. The van der Waals surface area contributed by atoms with E-state index in [1.807, 2.05) is 13.8 Å². The molecule has 0 aromatic rings. The van der Waals surface area contributed by atoms with Gasteiger partial charge < -0.3 is 20.7 Å². The van der Waals surface area contributed by atoms with Gasteiger partial charge in [-0.25, -0.2) is 0 Å². The summed E-state index contributed by atoms with van der Waals surface area (Å²) in [5.41, 5.74) is 0. The molecule has 7 nitrogen and oxygen atoms in total. The molecule has 0 aromatic heterocycles. The highest BCUT2D eigenvalue weighted by molar-refractivity contribution is 14.0. The molecule has 1 aliphatic rings. The number of hydrogen-bond donors (Lipinski definition) is 3. The fourth-order valence-electron chi connectivity index (χ4n) is 2.21. The lowest BCUT2D eigenvalue weighted by Crippen LogP contribution is -2.41. The molecule has 8 heteroatoms. The molecule has 1 heterocycles. The van der Waals surface area contributed by atoms with Crippen LogP contribution in [0.4, 0.5) is 0 Å². The van der Waals surface area contributed by atoms with Crippen molar-refractivity contribution in [1.82, 2.24) is 20.9 Å². The molecule has 142 valence electrons. The third kappa shape index (κ3) is 11.0. The second kappa shape index (κ2) is 14.7. The van der Waals surface area contributed by atoms with Crippen LogP contribution in [0.2, 0.25) is 0 Å². The fraction of sp³-hybridized carbons (Fsp3) is 0.875. The molecule has 0 aromatic carbocycles. The number of carbonyl (C=O) groups excluding carboxylic acids is 1. The number of amides is 1. The lowest BCUT2D eigenvalue weighted by atomic mass is 10.2. The Labute approximate surface area is 163 Å². The molecule has 1 saturated heterocycles. The highest BCUT2D eigenvalue weighted by Crippen LogP contribution is 1.95. The van der Waals surface area contributed by atoms with Crippen molar-refractivity contribution in [2.45, 2.75) is 39.7 Å². The van der Waals surface area contributed by atoms with Crippen molar-refractivity contribution in [1.29, 1.82) is 0 Å². The van der Waals surface area contributed by atoms with Crippen LogP contribution < -0.4 is 16.0 Å². The molecule has 24 heavy (non-hydrogen) atoms. The van der Waals surface area contributed by atoms with Crippen LogP contribution >= 0.6 is 24.0 Å². The number of halogens is 1. The van der Waals surface area contributed by atoms with Gasteiger partial charge >= 0.3 is 0 Å². The molecule has 1 rings (SSSR count). The molecule has 1 atom stereocenters. The first-order valence-corrected chi connectivity index (χ1v) is 8.77. The molecular formula is C16H34IN5O2. The number of ether oxygens (including phenoxy) is 1. The van der Waals surface area contributed by atoms with Crippen LogP contribution in [0.3, 0.4) is 0 Å². The van der Waals surface area contributed by atoms with Gasteiger partial charge in [-0.15, -0.1) is 24.0 Å². The van der Waals surface area contributed by atoms with Crippen molar-refractivity contribution in [3.05, 3.63) is 0 Å². The summed E-state index contributed by atoms with van der Waals surface area (Å²) >= 11 is 0. The molecule has 0 saturated carbocycles. The molecule has 0 spiro atoms. The van der Waals surface area contributed by atoms with E-state index in [9.17, 15) is 4.79 Å². The molecule has 1 fully saturated rings. The van der Waals surface area contributed by atoms with E-state index >= 15 is 0 Å². The van der Waals surface area contributed by atoms with Gasteiger partial charge in [0.2, 0.25) is 5.91 Å². The van der Waals surface area contributed by atoms with Crippen LogP contribution in [0.1, 0.15) is 33.6 Å². The summed E-state index contributed by atoms with van der Waals surface area (Å²) in [6.45, 7) is 12.8. The van der Waals surface area contributed by atoms with E-state index < -0.39 is 0 Å². The van der Waals surface area contributed by atoms with Crippen LogP contribution in [0, 0.1) is 0 Å². The number of carbonyl (C=O) groups is 1. The lowest BCUT2D eigenvalue weighted by molar-refractivity contribution is -0.121. The Balaban J connectivity index is 0.00000529. The van der Waals surface area contributed by atoms with Crippen molar-refractivity contribution in [2.75, 3.05) is 52.5 Å². The number of morpholine rings is 1. The van der Waals surface area contributed by atoms with Crippen molar-refractivity contribution in [2.24, 2.45) is 4.99 Å². The number of hydrogen-bond acceptors (Lipinski definition) is 4. The van der Waals surface area contributed by atoms with Crippen molar-refractivity contribution in [3.8, 4) is 0 Å². The molecule has 1 amide bonds. The topological polar surface area (TPSA) is 78.0 Å². The molecule has 1 aliphatic heterocycles. The Morgan fingerprint density at radius 3 is 2.58 bits per heavy atom. The predicted octanol–water partition coefficient (Wildman–Crippen LogP) is 0.797. The second-order valence-electron chi connectivity index (χ2n) is 5.77. The summed E-state index contributed by atoms with van der Waals surface area (Å²) in [5.74, 6) is 0.855. The Bertz CT molecular complexity index is 362. The first-order chi connectivity index (χ1) is 11.2. The van der Waals surface area contributed by atoms with Crippen LogP contribution in [-0.2, 0) is 9.53 Å². The van der Waals surface area contributed by atoms with Crippen LogP contribution in [0.15, 0.2) is 4.99 Å². The first-order valence-electron chi connectivity index (χ1n) is 8.77. The van der Waals surface area contributed by atoms with Crippen LogP contribution in [0.25, 0.3) is 0 Å². The number of nitrogens with one attached hydrogen (secondary N) is 3. The summed E-state index contributed by atoms with van der Waals surface area (Å²) in [7, 11) is 0. The molecule has 3 N–H and O–H groups in total. The Morgan fingerprint density at radius 1 is 1.25 bits per heavy atom. The maximum Gasteiger partial charge on any atom is 0.221 e. The van der Waals surface area contributed by atoms with Gasteiger partial charge in [0.15, 0.2) is 5.96 Å². The molecule has 0 aliphatic carbocycles. The smallest absolute Gasteiger partial charge is 0.221 e. The van der Waals surface area contributed by atoms with E-state index in [4.69, 9.17) is 4.74 Å².